The van der Waals surface area contributed by atoms with Crippen molar-refractivity contribution in [1.82, 2.24) is 5.32 Å². The lowest BCUT2D eigenvalue weighted by Gasteiger charge is -2.24. The van der Waals surface area contributed by atoms with Gasteiger partial charge < -0.3 is 20.1 Å². The third-order valence-electron chi connectivity index (χ3n) is 3.65. The summed E-state index contributed by atoms with van der Waals surface area (Å²) in [4.78, 5) is 12.2. The number of carbonyl (C=O) groups is 1. The number of carbonyl (C=O) groups excluding carboxylic acids is 1. The predicted octanol–water partition coefficient (Wildman–Crippen LogP) is 4.07. The van der Waals surface area contributed by atoms with Crippen LogP contribution in [-0.2, 0) is 4.79 Å². The van der Waals surface area contributed by atoms with E-state index in [-0.39, 0.29) is 17.5 Å². The first-order valence-corrected chi connectivity index (χ1v) is 8.66. The molecule has 0 aliphatic heterocycles. The Morgan fingerprint density at radius 3 is 2.33 bits per heavy atom. The SMILES string of the molecule is COc1cc(C#N)ccc1Oc1ccc(NC(C)C(=O)NC(C)(C)C)cc1. The Hall–Kier alpha value is -3.20. The molecule has 2 aromatic rings. The molecular weight excluding hydrogens is 342 g/mol. The lowest BCUT2D eigenvalue weighted by Crippen LogP contribution is -2.47. The van der Waals surface area contributed by atoms with Gasteiger partial charge >= 0.3 is 0 Å². The molecule has 2 aromatic carbocycles. The van der Waals surface area contributed by atoms with Crippen LogP contribution in [-0.4, -0.2) is 24.6 Å². The van der Waals surface area contributed by atoms with E-state index in [4.69, 9.17) is 14.7 Å². The van der Waals surface area contributed by atoms with Gasteiger partial charge in [0.2, 0.25) is 5.91 Å². The topological polar surface area (TPSA) is 83.4 Å². The number of anilines is 1. The van der Waals surface area contributed by atoms with Crippen LogP contribution in [0.2, 0.25) is 0 Å². The quantitative estimate of drug-likeness (QED) is 0.804. The van der Waals surface area contributed by atoms with E-state index in [0.29, 0.717) is 22.8 Å². The largest absolute Gasteiger partial charge is 0.493 e. The minimum absolute atomic E-state index is 0.0647. The van der Waals surface area contributed by atoms with Crippen LogP contribution in [0.3, 0.4) is 0 Å². The summed E-state index contributed by atoms with van der Waals surface area (Å²) in [6.45, 7) is 7.65. The van der Waals surface area contributed by atoms with Gasteiger partial charge in [0.15, 0.2) is 11.5 Å². The fourth-order valence-corrected chi connectivity index (χ4v) is 2.36. The lowest BCUT2D eigenvalue weighted by atomic mass is 10.1. The van der Waals surface area contributed by atoms with Crippen molar-refractivity contribution < 1.29 is 14.3 Å². The highest BCUT2D eigenvalue weighted by Crippen LogP contribution is 2.32. The standard InChI is InChI=1S/C21H25N3O3/c1-14(20(25)24-21(2,3)4)23-16-7-9-17(10-8-16)27-18-11-6-15(13-22)12-19(18)26-5/h6-12,14,23H,1-5H3,(H,24,25). The van der Waals surface area contributed by atoms with E-state index in [2.05, 4.69) is 16.7 Å². The molecule has 6 heteroatoms. The number of hydrogen-bond donors (Lipinski definition) is 2. The summed E-state index contributed by atoms with van der Waals surface area (Å²) in [7, 11) is 1.53. The first-order chi connectivity index (χ1) is 12.7. The van der Waals surface area contributed by atoms with Gasteiger partial charge in [0.1, 0.15) is 11.8 Å². The Kier molecular flexibility index (Phi) is 6.30. The summed E-state index contributed by atoms with van der Waals surface area (Å²) in [6.07, 6.45) is 0. The van der Waals surface area contributed by atoms with Gasteiger partial charge in [0.05, 0.1) is 18.7 Å². The minimum atomic E-state index is -0.366. The van der Waals surface area contributed by atoms with E-state index >= 15 is 0 Å². The number of hydrogen-bond acceptors (Lipinski definition) is 5. The highest BCUT2D eigenvalue weighted by Gasteiger charge is 2.19. The first kappa shape index (κ1) is 20.1. The molecule has 2 rings (SSSR count). The Balaban J connectivity index is 2.03. The summed E-state index contributed by atoms with van der Waals surface area (Å²) in [5.41, 5.74) is 1.04. The third-order valence-corrected chi connectivity index (χ3v) is 3.65. The first-order valence-electron chi connectivity index (χ1n) is 8.66. The molecule has 0 aliphatic rings. The van der Waals surface area contributed by atoms with Crippen LogP contribution in [0.1, 0.15) is 33.3 Å². The molecule has 0 aromatic heterocycles. The number of rotatable bonds is 6. The van der Waals surface area contributed by atoms with Crippen LogP contribution in [0, 0.1) is 11.3 Å². The van der Waals surface area contributed by atoms with Crippen LogP contribution in [0.4, 0.5) is 5.69 Å². The molecule has 0 bridgehead atoms. The zero-order chi connectivity index (χ0) is 20.0. The smallest absolute Gasteiger partial charge is 0.242 e. The van der Waals surface area contributed by atoms with E-state index in [1.54, 1.807) is 30.3 Å². The number of nitriles is 1. The van der Waals surface area contributed by atoms with Gasteiger partial charge in [-0.2, -0.15) is 5.26 Å². The predicted molar refractivity (Wildman–Crippen MR) is 105 cm³/mol. The maximum atomic E-state index is 12.2. The maximum Gasteiger partial charge on any atom is 0.242 e. The normalized spacial score (nSPS) is 11.9. The summed E-state index contributed by atoms with van der Waals surface area (Å²) in [5, 5.41) is 15.1. The summed E-state index contributed by atoms with van der Waals surface area (Å²) < 4.78 is 11.1. The van der Waals surface area contributed by atoms with Crippen molar-refractivity contribution in [2.45, 2.75) is 39.3 Å². The molecule has 0 fully saturated rings. The van der Waals surface area contributed by atoms with Gasteiger partial charge in [-0.25, -0.2) is 0 Å². The van der Waals surface area contributed by atoms with Gasteiger partial charge in [-0.1, -0.05) is 0 Å². The third kappa shape index (κ3) is 5.93. The number of nitrogens with zero attached hydrogens (tertiary/aromatic N) is 1. The van der Waals surface area contributed by atoms with Gasteiger partial charge in [-0.3, -0.25) is 4.79 Å². The fourth-order valence-electron chi connectivity index (χ4n) is 2.36. The maximum absolute atomic E-state index is 12.2. The van der Waals surface area contributed by atoms with Crippen molar-refractivity contribution >= 4 is 11.6 Å². The molecule has 27 heavy (non-hydrogen) atoms. The Morgan fingerprint density at radius 1 is 1.11 bits per heavy atom. The summed E-state index contributed by atoms with van der Waals surface area (Å²) in [5.74, 6) is 1.57. The molecule has 1 unspecified atom stereocenters. The molecular formula is C21H25N3O3. The van der Waals surface area contributed by atoms with E-state index in [1.165, 1.54) is 7.11 Å². The van der Waals surface area contributed by atoms with Gasteiger partial charge in [-0.15, -0.1) is 0 Å². The Labute approximate surface area is 160 Å². The van der Waals surface area contributed by atoms with E-state index in [0.717, 1.165) is 5.69 Å². The van der Waals surface area contributed by atoms with Crippen molar-refractivity contribution in [3.63, 3.8) is 0 Å². The lowest BCUT2D eigenvalue weighted by molar-refractivity contribution is -0.122. The molecule has 0 saturated heterocycles. The summed E-state index contributed by atoms with van der Waals surface area (Å²) in [6, 6.07) is 14.0. The van der Waals surface area contributed by atoms with Crippen LogP contribution < -0.4 is 20.1 Å². The highest BCUT2D eigenvalue weighted by molar-refractivity contribution is 5.84. The second-order valence-electron chi connectivity index (χ2n) is 7.21. The summed E-state index contributed by atoms with van der Waals surface area (Å²) >= 11 is 0. The molecule has 0 saturated carbocycles. The van der Waals surface area contributed by atoms with Crippen molar-refractivity contribution in [3.8, 4) is 23.3 Å². The van der Waals surface area contributed by atoms with Crippen LogP contribution in [0.15, 0.2) is 42.5 Å². The molecule has 0 spiro atoms. The fraction of sp³-hybridized carbons (Fsp3) is 0.333. The molecule has 1 atom stereocenters. The number of ether oxygens (including phenoxy) is 2. The van der Waals surface area contributed by atoms with E-state index < -0.39 is 0 Å². The van der Waals surface area contributed by atoms with E-state index in [9.17, 15) is 4.79 Å². The van der Waals surface area contributed by atoms with Gasteiger partial charge in [-0.05, 0) is 64.1 Å². The molecule has 142 valence electrons. The van der Waals surface area contributed by atoms with E-state index in [1.807, 2.05) is 39.8 Å². The minimum Gasteiger partial charge on any atom is -0.493 e. The number of benzene rings is 2. The average molecular weight is 367 g/mol. The van der Waals surface area contributed by atoms with Gasteiger partial charge in [0.25, 0.3) is 0 Å². The Bertz CT molecular complexity index is 833. The van der Waals surface area contributed by atoms with Crippen molar-refractivity contribution in [1.29, 1.82) is 5.26 Å². The van der Waals surface area contributed by atoms with Crippen molar-refractivity contribution in [3.05, 3.63) is 48.0 Å². The molecule has 0 aliphatic carbocycles. The van der Waals surface area contributed by atoms with Gasteiger partial charge in [0, 0.05) is 17.3 Å². The second-order valence-corrected chi connectivity index (χ2v) is 7.21. The molecule has 2 N–H and O–H groups in total. The van der Waals surface area contributed by atoms with Crippen LogP contribution in [0.5, 0.6) is 17.2 Å². The number of methoxy groups -OCH3 is 1. The molecule has 0 radical (unpaired) electrons. The zero-order valence-electron chi connectivity index (χ0n) is 16.3. The monoisotopic (exact) mass is 367 g/mol. The van der Waals surface area contributed by atoms with Crippen molar-refractivity contribution in [2.24, 2.45) is 0 Å². The number of nitrogens with one attached hydrogen (secondary N) is 2. The average Bonchev–Trinajstić information content (AvgIpc) is 2.62. The second kappa shape index (κ2) is 8.45. The Morgan fingerprint density at radius 2 is 1.78 bits per heavy atom. The zero-order valence-corrected chi connectivity index (χ0v) is 16.3. The highest BCUT2D eigenvalue weighted by atomic mass is 16.5. The van der Waals surface area contributed by atoms with Crippen molar-refractivity contribution in [2.75, 3.05) is 12.4 Å². The van der Waals surface area contributed by atoms with Crippen LogP contribution >= 0.6 is 0 Å². The van der Waals surface area contributed by atoms with Crippen LogP contribution in [0.25, 0.3) is 0 Å². The molecule has 0 heterocycles. The molecule has 6 nitrogen and oxygen atoms in total. The number of amides is 1. The molecule has 1 amide bonds.